The minimum Gasteiger partial charge on any atom is -0.439 e. The predicted molar refractivity (Wildman–Crippen MR) is 84.4 cm³/mol. The molecule has 0 spiro atoms. The molecule has 0 radical (unpaired) electrons. The maximum absolute atomic E-state index is 8.98. The maximum atomic E-state index is 8.98. The molecule has 5 heteroatoms. The average Bonchev–Trinajstić information content (AvgIpc) is 2.39. The SMILES string of the molecule is Cc1ccc(C#N)cc1Oc1cc(Br)nc(C(C)(C)C)n1. The Hall–Kier alpha value is -1.93. The van der Waals surface area contributed by atoms with Gasteiger partial charge in [-0.25, -0.2) is 4.98 Å². The summed E-state index contributed by atoms with van der Waals surface area (Å²) in [7, 11) is 0. The number of aromatic nitrogens is 2. The summed E-state index contributed by atoms with van der Waals surface area (Å²) in [6.07, 6.45) is 0. The highest BCUT2D eigenvalue weighted by Crippen LogP contribution is 2.28. The number of nitrogens with zero attached hydrogens (tertiary/aromatic N) is 3. The molecule has 0 bridgehead atoms. The molecule has 0 aliphatic heterocycles. The van der Waals surface area contributed by atoms with Crippen molar-refractivity contribution in [3.8, 4) is 17.7 Å². The van der Waals surface area contributed by atoms with Crippen molar-refractivity contribution in [2.24, 2.45) is 0 Å². The lowest BCUT2D eigenvalue weighted by Crippen LogP contribution is -2.16. The van der Waals surface area contributed by atoms with Gasteiger partial charge in [-0.05, 0) is 40.5 Å². The summed E-state index contributed by atoms with van der Waals surface area (Å²) >= 11 is 3.38. The van der Waals surface area contributed by atoms with Crippen LogP contribution in [0.5, 0.6) is 11.6 Å². The molecule has 0 saturated heterocycles. The lowest BCUT2D eigenvalue weighted by atomic mass is 9.96. The fraction of sp³-hybridized carbons (Fsp3) is 0.312. The monoisotopic (exact) mass is 345 g/mol. The lowest BCUT2D eigenvalue weighted by Gasteiger charge is -2.17. The van der Waals surface area contributed by atoms with Crippen LogP contribution in [0.1, 0.15) is 37.7 Å². The Morgan fingerprint density at radius 1 is 1.19 bits per heavy atom. The topological polar surface area (TPSA) is 58.8 Å². The van der Waals surface area contributed by atoms with Crippen LogP contribution in [-0.2, 0) is 5.41 Å². The number of hydrogen-bond acceptors (Lipinski definition) is 4. The minimum absolute atomic E-state index is 0.175. The molecule has 2 rings (SSSR count). The van der Waals surface area contributed by atoms with Crippen LogP contribution in [0.25, 0.3) is 0 Å². The Kier molecular flexibility index (Phi) is 4.29. The number of benzene rings is 1. The van der Waals surface area contributed by atoms with Crippen LogP contribution >= 0.6 is 15.9 Å². The molecule has 1 aromatic carbocycles. The van der Waals surface area contributed by atoms with Gasteiger partial charge in [0.05, 0.1) is 11.6 Å². The standard InChI is InChI=1S/C16H16BrN3O/c1-10-5-6-11(9-18)7-12(10)21-14-8-13(17)19-15(20-14)16(2,3)4/h5-8H,1-4H3. The molecule has 0 saturated carbocycles. The maximum Gasteiger partial charge on any atom is 0.223 e. The third-order valence-electron chi connectivity index (χ3n) is 2.87. The fourth-order valence-corrected chi connectivity index (χ4v) is 2.04. The van der Waals surface area contributed by atoms with Gasteiger partial charge in [-0.2, -0.15) is 10.2 Å². The van der Waals surface area contributed by atoms with Crippen LogP contribution in [0, 0.1) is 18.3 Å². The first-order chi connectivity index (χ1) is 9.79. The van der Waals surface area contributed by atoms with Crippen LogP contribution in [0.3, 0.4) is 0 Å². The van der Waals surface area contributed by atoms with E-state index in [2.05, 4.69) is 32.0 Å². The summed E-state index contributed by atoms with van der Waals surface area (Å²) in [5, 5.41) is 8.98. The van der Waals surface area contributed by atoms with Gasteiger partial charge >= 0.3 is 0 Å². The summed E-state index contributed by atoms with van der Waals surface area (Å²) in [6.45, 7) is 8.05. The van der Waals surface area contributed by atoms with Crippen molar-refractivity contribution in [3.63, 3.8) is 0 Å². The van der Waals surface area contributed by atoms with E-state index in [9.17, 15) is 0 Å². The number of nitriles is 1. The molecule has 0 atom stereocenters. The molecule has 0 aliphatic rings. The molecule has 0 unspecified atom stereocenters. The van der Waals surface area contributed by atoms with Crippen LogP contribution in [0.4, 0.5) is 0 Å². The summed E-state index contributed by atoms with van der Waals surface area (Å²) in [5.74, 6) is 1.78. The van der Waals surface area contributed by atoms with Gasteiger partial charge in [0, 0.05) is 11.5 Å². The van der Waals surface area contributed by atoms with E-state index in [4.69, 9.17) is 10.00 Å². The second-order valence-electron chi connectivity index (χ2n) is 5.80. The Morgan fingerprint density at radius 3 is 2.52 bits per heavy atom. The van der Waals surface area contributed by atoms with Crippen LogP contribution in [0.15, 0.2) is 28.9 Å². The Balaban J connectivity index is 2.41. The van der Waals surface area contributed by atoms with Crippen molar-refractivity contribution < 1.29 is 4.74 Å². The molecule has 0 N–H and O–H groups in total. The number of hydrogen-bond donors (Lipinski definition) is 0. The summed E-state index contributed by atoms with van der Waals surface area (Å²) < 4.78 is 6.51. The van der Waals surface area contributed by atoms with E-state index < -0.39 is 0 Å². The molecule has 1 aromatic heterocycles. The summed E-state index contributed by atoms with van der Waals surface area (Å²) in [5.41, 5.74) is 1.33. The molecule has 0 amide bonds. The van der Waals surface area contributed by atoms with E-state index in [0.717, 1.165) is 5.56 Å². The van der Waals surface area contributed by atoms with Crippen LogP contribution < -0.4 is 4.74 Å². The van der Waals surface area contributed by atoms with Crippen molar-refractivity contribution in [2.45, 2.75) is 33.1 Å². The van der Waals surface area contributed by atoms with Crippen molar-refractivity contribution in [1.82, 2.24) is 9.97 Å². The fourth-order valence-electron chi connectivity index (χ4n) is 1.68. The zero-order chi connectivity index (χ0) is 15.6. The quantitative estimate of drug-likeness (QED) is 0.751. The summed E-state index contributed by atoms with van der Waals surface area (Å²) in [4.78, 5) is 8.83. The van der Waals surface area contributed by atoms with E-state index in [0.29, 0.717) is 27.6 Å². The Bertz CT molecular complexity index is 714. The van der Waals surface area contributed by atoms with Crippen molar-refractivity contribution in [1.29, 1.82) is 5.26 Å². The zero-order valence-corrected chi connectivity index (χ0v) is 14.0. The predicted octanol–water partition coefficient (Wildman–Crippen LogP) is 4.51. The van der Waals surface area contributed by atoms with Gasteiger partial charge in [-0.3, -0.25) is 0 Å². The molecule has 108 valence electrons. The van der Waals surface area contributed by atoms with Gasteiger partial charge in [-0.15, -0.1) is 0 Å². The highest BCUT2D eigenvalue weighted by molar-refractivity contribution is 9.10. The zero-order valence-electron chi connectivity index (χ0n) is 12.4. The highest BCUT2D eigenvalue weighted by atomic mass is 79.9. The molecule has 1 heterocycles. The van der Waals surface area contributed by atoms with E-state index in [1.165, 1.54) is 0 Å². The van der Waals surface area contributed by atoms with E-state index >= 15 is 0 Å². The molecule has 21 heavy (non-hydrogen) atoms. The second-order valence-corrected chi connectivity index (χ2v) is 6.61. The van der Waals surface area contributed by atoms with Crippen molar-refractivity contribution >= 4 is 15.9 Å². The third-order valence-corrected chi connectivity index (χ3v) is 3.28. The first-order valence-electron chi connectivity index (χ1n) is 6.53. The smallest absolute Gasteiger partial charge is 0.223 e. The Labute approximate surface area is 132 Å². The van der Waals surface area contributed by atoms with Gasteiger partial charge in [0.15, 0.2) is 0 Å². The van der Waals surface area contributed by atoms with Crippen molar-refractivity contribution in [3.05, 3.63) is 45.8 Å². The average molecular weight is 346 g/mol. The minimum atomic E-state index is -0.175. The van der Waals surface area contributed by atoms with Crippen LogP contribution in [0.2, 0.25) is 0 Å². The first kappa shape index (κ1) is 15.5. The van der Waals surface area contributed by atoms with Gasteiger partial charge < -0.3 is 4.74 Å². The van der Waals surface area contributed by atoms with E-state index in [1.54, 1.807) is 18.2 Å². The molecular weight excluding hydrogens is 330 g/mol. The first-order valence-corrected chi connectivity index (χ1v) is 7.32. The van der Waals surface area contributed by atoms with Crippen molar-refractivity contribution in [2.75, 3.05) is 0 Å². The van der Waals surface area contributed by atoms with Gasteiger partial charge in [-0.1, -0.05) is 26.8 Å². The molecule has 0 aliphatic carbocycles. The normalized spacial score (nSPS) is 11.0. The number of rotatable bonds is 2. The second kappa shape index (κ2) is 5.82. The number of ether oxygens (including phenoxy) is 1. The lowest BCUT2D eigenvalue weighted by molar-refractivity contribution is 0.442. The third kappa shape index (κ3) is 3.79. The Morgan fingerprint density at radius 2 is 1.90 bits per heavy atom. The molecule has 4 nitrogen and oxygen atoms in total. The molecule has 2 aromatic rings. The number of halogens is 1. The van der Waals surface area contributed by atoms with Crippen LogP contribution in [-0.4, -0.2) is 9.97 Å². The molecular formula is C16H16BrN3O. The van der Waals surface area contributed by atoms with Gasteiger partial charge in [0.25, 0.3) is 0 Å². The van der Waals surface area contributed by atoms with Gasteiger partial charge in [0.2, 0.25) is 5.88 Å². The largest absolute Gasteiger partial charge is 0.439 e. The van der Waals surface area contributed by atoms with E-state index in [1.807, 2.05) is 33.8 Å². The highest BCUT2D eigenvalue weighted by Gasteiger charge is 2.19. The summed E-state index contributed by atoms with van der Waals surface area (Å²) in [6, 6.07) is 9.15. The van der Waals surface area contributed by atoms with Gasteiger partial charge in [0.1, 0.15) is 16.2 Å². The van der Waals surface area contributed by atoms with E-state index in [-0.39, 0.29) is 5.41 Å². The number of aryl methyl sites for hydroxylation is 1. The molecule has 0 fully saturated rings.